The Morgan fingerprint density at radius 2 is 2.04 bits per heavy atom. The molecule has 2 rings (SSSR count). The van der Waals surface area contributed by atoms with Crippen molar-refractivity contribution in [1.29, 1.82) is 0 Å². The van der Waals surface area contributed by atoms with Crippen molar-refractivity contribution >= 4 is 23.5 Å². The van der Waals surface area contributed by atoms with Crippen molar-refractivity contribution in [3.8, 4) is 11.3 Å². The van der Waals surface area contributed by atoms with Crippen LogP contribution in [0.5, 0.6) is 0 Å². The molecule has 0 radical (unpaired) electrons. The van der Waals surface area contributed by atoms with E-state index in [1.165, 1.54) is 4.90 Å². The van der Waals surface area contributed by atoms with Gasteiger partial charge in [-0.1, -0.05) is 36.7 Å². The maximum Gasteiger partial charge on any atom is 0.308 e. The molecule has 2 aromatic rings. The lowest BCUT2D eigenvalue weighted by Crippen LogP contribution is -2.33. The number of hydrogen-bond acceptors (Lipinski definition) is 3. The van der Waals surface area contributed by atoms with Crippen molar-refractivity contribution < 1.29 is 14.7 Å². The molecule has 0 aliphatic rings. The number of carbonyl (C=O) groups excluding carboxylic acids is 1. The first-order valence-electron chi connectivity index (χ1n) is 7.08. The van der Waals surface area contributed by atoms with Crippen molar-refractivity contribution in [1.82, 2.24) is 14.7 Å². The highest BCUT2D eigenvalue weighted by atomic mass is 35.5. The van der Waals surface area contributed by atoms with Crippen LogP contribution < -0.4 is 0 Å². The molecule has 1 unspecified atom stereocenters. The number of halogens is 1. The number of hydrogen-bond donors (Lipinski definition) is 1. The Morgan fingerprint density at radius 1 is 1.39 bits per heavy atom. The molecule has 0 fully saturated rings. The van der Waals surface area contributed by atoms with Gasteiger partial charge in [-0.25, -0.2) is 0 Å². The van der Waals surface area contributed by atoms with Crippen LogP contribution in [-0.2, 0) is 11.8 Å². The summed E-state index contributed by atoms with van der Waals surface area (Å²) in [7, 11) is 3.29. The highest BCUT2D eigenvalue weighted by Gasteiger charge is 2.24. The second-order valence-corrected chi connectivity index (χ2v) is 5.88. The van der Waals surface area contributed by atoms with E-state index in [9.17, 15) is 9.59 Å². The molecular weight excluding hydrogens is 318 g/mol. The van der Waals surface area contributed by atoms with Gasteiger partial charge < -0.3 is 10.0 Å². The largest absolute Gasteiger partial charge is 0.481 e. The van der Waals surface area contributed by atoms with Crippen molar-refractivity contribution in [3.63, 3.8) is 0 Å². The molecule has 6 nitrogen and oxygen atoms in total. The molecule has 1 aromatic heterocycles. The molecule has 0 aliphatic carbocycles. The average Bonchev–Trinajstić information content (AvgIpc) is 2.88. The van der Waals surface area contributed by atoms with Gasteiger partial charge in [-0.15, -0.1) is 0 Å². The third kappa shape index (κ3) is 3.71. The zero-order chi connectivity index (χ0) is 17.1. The Labute approximate surface area is 139 Å². The summed E-state index contributed by atoms with van der Waals surface area (Å²) in [5, 5.41) is 13.8. The van der Waals surface area contributed by atoms with Crippen LogP contribution in [0.4, 0.5) is 0 Å². The number of benzene rings is 1. The van der Waals surface area contributed by atoms with Gasteiger partial charge in [0.15, 0.2) is 0 Å². The summed E-state index contributed by atoms with van der Waals surface area (Å²) < 4.78 is 1.54. The average molecular weight is 336 g/mol. The van der Waals surface area contributed by atoms with Gasteiger partial charge in [0.1, 0.15) is 5.69 Å². The summed E-state index contributed by atoms with van der Waals surface area (Å²) >= 11 is 6.20. The first-order chi connectivity index (χ1) is 10.8. The Balaban J connectivity index is 2.35. The first kappa shape index (κ1) is 17.0. The van der Waals surface area contributed by atoms with Gasteiger partial charge in [0, 0.05) is 32.4 Å². The quantitative estimate of drug-likeness (QED) is 0.911. The molecule has 1 heterocycles. The Hall–Kier alpha value is -2.34. The lowest BCUT2D eigenvalue weighted by molar-refractivity contribution is -0.141. The Morgan fingerprint density at radius 3 is 2.65 bits per heavy atom. The third-order valence-corrected chi connectivity index (χ3v) is 3.83. The fraction of sp³-hybridized carbons (Fsp3) is 0.312. The van der Waals surface area contributed by atoms with E-state index in [1.807, 2.05) is 6.07 Å². The van der Waals surface area contributed by atoms with Crippen molar-refractivity contribution in [2.75, 3.05) is 13.6 Å². The van der Waals surface area contributed by atoms with Gasteiger partial charge in [0.05, 0.1) is 16.5 Å². The second kappa shape index (κ2) is 6.83. The monoisotopic (exact) mass is 335 g/mol. The van der Waals surface area contributed by atoms with E-state index in [0.717, 1.165) is 0 Å². The van der Waals surface area contributed by atoms with Crippen molar-refractivity contribution in [2.45, 2.75) is 6.92 Å². The lowest BCUT2D eigenvalue weighted by atomic mass is 10.1. The van der Waals surface area contributed by atoms with Crippen LogP contribution in [0.3, 0.4) is 0 Å². The molecule has 0 bridgehead atoms. The molecule has 0 aliphatic heterocycles. The SMILES string of the molecule is CC(CN(C)C(=O)c1cn(C)nc1-c1ccccc1Cl)C(=O)O. The predicted octanol–water partition coefficient (Wildman–Crippen LogP) is 2.53. The van der Waals surface area contributed by atoms with Crippen LogP contribution in [-0.4, -0.2) is 45.3 Å². The summed E-state index contributed by atoms with van der Waals surface area (Å²) in [5.41, 5.74) is 1.54. The fourth-order valence-electron chi connectivity index (χ4n) is 2.27. The zero-order valence-electron chi connectivity index (χ0n) is 13.2. The maximum absolute atomic E-state index is 12.7. The molecule has 7 heteroatoms. The van der Waals surface area contributed by atoms with E-state index in [2.05, 4.69) is 5.10 Å². The minimum atomic E-state index is -0.942. The number of rotatable bonds is 5. The standard InChI is InChI=1S/C16H18ClN3O3/c1-10(16(22)23)8-19(2)15(21)12-9-20(3)18-14(12)11-6-4-5-7-13(11)17/h4-7,9-10H,8H2,1-3H3,(H,22,23). The number of carbonyl (C=O) groups is 2. The lowest BCUT2D eigenvalue weighted by Gasteiger charge is -2.19. The van der Waals surface area contributed by atoms with Gasteiger partial charge in [0.2, 0.25) is 0 Å². The van der Waals surface area contributed by atoms with Crippen LogP contribution in [0.25, 0.3) is 11.3 Å². The third-order valence-electron chi connectivity index (χ3n) is 3.50. The highest BCUT2D eigenvalue weighted by Crippen LogP contribution is 2.29. The summed E-state index contributed by atoms with van der Waals surface area (Å²) in [5.74, 6) is -1.88. The van der Waals surface area contributed by atoms with Gasteiger partial charge in [0.25, 0.3) is 5.91 Å². The summed E-state index contributed by atoms with van der Waals surface area (Å²) in [6, 6.07) is 7.15. The number of nitrogens with zero attached hydrogens (tertiary/aromatic N) is 3. The number of aliphatic carboxylic acids is 1. The van der Waals surface area contributed by atoms with Crippen molar-refractivity contribution in [3.05, 3.63) is 41.0 Å². The minimum Gasteiger partial charge on any atom is -0.481 e. The molecule has 0 saturated heterocycles. The van der Waals surface area contributed by atoms with Gasteiger partial charge in [-0.2, -0.15) is 5.10 Å². The normalized spacial score (nSPS) is 12.0. The topological polar surface area (TPSA) is 75.4 Å². The molecule has 23 heavy (non-hydrogen) atoms. The molecule has 122 valence electrons. The molecular formula is C16H18ClN3O3. The van der Waals surface area contributed by atoms with Gasteiger partial charge in [-0.05, 0) is 6.07 Å². The first-order valence-corrected chi connectivity index (χ1v) is 7.46. The van der Waals surface area contributed by atoms with Crippen LogP contribution in [0.15, 0.2) is 30.5 Å². The number of carboxylic acids is 1. The van der Waals surface area contributed by atoms with E-state index in [1.54, 1.807) is 50.1 Å². The Bertz CT molecular complexity index is 742. The summed E-state index contributed by atoms with van der Waals surface area (Å²) in [6.45, 7) is 1.68. The number of aromatic nitrogens is 2. The fourth-order valence-corrected chi connectivity index (χ4v) is 2.50. The molecule has 1 atom stereocenters. The Kier molecular flexibility index (Phi) is 5.05. The minimum absolute atomic E-state index is 0.116. The van der Waals surface area contributed by atoms with E-state index in [0.29, 0.717) is 21.8 Å². The van der Waals surface area contributed by atoms with Gasteiger partial charge >= 0.3 is 5.97 Å². The molecule has 1 aromatic carbocycles. The smallest absolute Gasteiger partial charge is 0.308 e. The predicted molar refractivity (Wildman–Crippen MR) is 87.4 cm³/mol. The van der Waals surface area contributed by atoms with E-state index < -0.39 is 11.9 Å². The molecule has 0 saturated carbocycles. The van der Waals surface area contributed by atoms with E-state index >= 15 is 0 Å². The molecule has 1 N–H and O–H groups in total. The van der Waals surface area contributed by atoms with E-state index in [-0.39, 0.29) is 12.5 Å². The van der Waals surface area contributed by atoms with Crippen LogP contribution in [0, 0.1) is 5.92 Å². The summed E-state index contributed by atoms with van der Waals surface area (Å²) in [6.07, 6.45) is 1.61. The highest BCUT2D eigenvalue weighted by molar-refractivity contribution is 6.33. The number of carboxylic acid groups (broad SMARTS) is 1. The molecule has 0 spiro atoms. The number of aryl methyl sites for hydroxylation is 1. The second-order valence-electron chi connectivity index (χ2n) is 5.47. The summed E-state index contributed by atoms with van der Waals surface area (Å²) in [4.78, 5) is 25.0. The van der Waals surface area contributed by atoms with Gasteiger partial charge in [-0.3, -0.25) is 14.3 Å². The maximum atomic E-state index is 12.7. The number of amides is 1. The zero-order valence-corrected chi connectivity index (χ0v) is 13.9. The van der Waals surface area contributed by atoms with Crippen molar-refractivity contribution in [2.24, 2.45) is 13.0 Å². The van der Waals surface area contributed by atoms with Crippen LogP contribution >= 0.6 is 11.6 Å². The van der Waals surface area contributed by atoms with E-state index in [4.69, 9.17) is 16.7 Å². The molecule has 1 amide bonds. The van der Waals surface area contributed by atoms with Crippen LogP contribution in [0.2, 0.25) is 5.02 Å². The van der Waals surface area contributed by atoms with Crippen LogP contribution in [0.1, 0.15) is 17.3 Å².